The zero-order valence-corrected chi connectivity index (χ0v) is 15.3. The van der Waals surface area contributed by atoms with Crippen LogP contribution in [-0.4, -0.2) is 22.5 Å². The number of hydrogen-bond acceptors (Lipinski definition) is 4. The third-order valence-corrected chi connectivity index (χ3v) is 4.87. The summed E-state index contributed by atoms with van der Waals surface area (Å²) in [6, 6.07) is 11.0. The molecule has 0 fully saturated rings. The van der Waals surface area contributed by atoms with Crippen molar-refractivity contribution in [2.45, 2.75) is 19.3 Å². The van der Waals surface area contributed by atoms with Gasteiger partial charge in [-0.05, 0) is 24.6 Å². The highest BCUT2D eigenvalue weighted by molar-refractivity contribution is 6.52. The highest BCUT2D eigenvalue weighted by atomic mass is 35.5. The average molecular weight is 389 g/mol. The predicted molar refractivity (Wildman–Crippen MR) is 99.8 cm³/mol. The quantitative estimate of drug-likeness (QED) is 0.764. The minimum Gasteiger partial charge on any atom is -0.507 e. The maximum atomic E-state index is 12.7. The molecule has 6 heteroatoms. The maximum Gasteiger partial charge on any atom is 0.234 e. The lowest BCUT2D eigenvalue weighted by Crippen LogP contribution is -2.28. The number of hydrogen-bond donors (Lipinski definition) is 1. The van der Waals surface area contributed by atoms with Gasteiger partial charge >= 0.3 is 0 Å². The lowest BCUT2D eigenvalue weighted by Gasteiger charge is -2.25. The lowest BCUT2D eigenvalue weighted by molar-refractivity contribution is -0.117. The summed E-state index contributed by atoms with van der Waals surface area (Å²) in [7, 11) is 0. The van der Waals surface area contributed by atoms with Crippen LogP contribution in [0, 0.1) is 0 Å². The first-order valence-electron chi connectivity index (χ1n) is 7.87. The average Bonchev–Trinajstić information content (AvgIpc) is 2.59. The van der Waals surface area contributed by atoms with E-state index in [1.165, 1.54) is 19.1 Å². The van der Waals surface area contributed by atoms with Crippen LogP contribution in [0.4, 0.5) is 0 Å². The summed E-state index contributed by atoms with van der Waals surface area (Å²) >= 11 is 12.2. The highest BCUT2D eigenvalue weighted by Crippen LogP contribution is 2.40. The molecule has 1 aliphatic rings. The van der Waals surface area contributed by atoms with Crippen molar-refractivity contribution in [1.82, 2.24) is 0 Å². The molecule has 2 aromatic carbocycles. The number of aliphatic hydroxyl groups excluding tert-OH is 1. The Balaban J connectivity index is 2.25. The summed E-state index contributed by atoms with van der Waals surface area (Å²) in [5.41, 5.74) is 0.745. The number of halogens is 2. The Kier molecular flexibility index (Phi) is 4.99. The molecule has 1 atom stereocenters. The number of ketones is 3. The van der Waals surface area contributed by atoms with Crippen LogP contribution < -0.4 is 0 Å². The standard InChI is InChI=1S/C20H14Cl2O4/c1-10(23)8-15(12-7-6-11(21)9-16(12)22)17-18(24)13-4-2-3-5-14(13)19(25)20(17)26/h2-7,9,15,24H,8H2,1H3/t15-/m1/s1. The Morgan fingerprint density at radius 3 is 2.31 bits per heavy atom. The molecule has 26 heavy (non-hydrogen) atoms. The minimum absolute atomic E-state index is 0.0814. The van der Waals surface area contributed by atoms with Crippen LogP contribution in [0.1, 0.15) is 40.7 Å². The van der Waals surface area contributed by atoms with Gasteiger partial charge < -0.3 is 5.11 Å². The van der Waals surface area contributed by atoms with E-state index in [1.807, 2.05) is 0 Å². The van der Waals surface area contributed by atoms with Gasteiger partial charge in [0.05, 0.1) is 5.57 Å². The largest absolute Gasteiger partial charge is 0.507 e. The van der Waals surface area contributed by atoms with Gasteiger partial charge in [-0.2, -0.15) is 0 Å². The van der Waals surface area contributed by atoms with Crippen LogP contribution in [0.15, 0.2) is 48.0 Å². The predicted octanol–water partition coefficient (Wildman–Crippen LogP) is 4.79. The van der Waals surface area contributed by atoms with Gasteiger partial charge in [0.2, 0.25) is 11.6 Å². The number of benzene rings is 2. The zero-order chi connectivity index (χ0) is 19.0. The fraction of sp³-hybridized carbons (Fsp3) is 0.150. The van der Waals surface area contributed by atoms with Gasteiger partial charge in [0.1, 0.15) is 11.5 Å². The SMILES string of the molecule is CC(=O)C[C@@H](C1=C(O)c2ccccc2C(=O)C1=O)c1ccc(Cl)cc1Cl. The molecule has 1 aliphatic carbocycles. The van der Waals surface area contributed by atoms with E-state index in [0.29, 0.717) is 10.6 Å². The molecule has 0 saturated carbocycles. The molecule has 0 unspecified atom stereocenters. The van der Waals surface area contributed by atoms with Crippen LogP contribution in [0.3, 0.4) is 0 Å². The van der Waals surface area contributed by atoms with Gasteiger partial charge in [-0.3, -0.25) is 14.4 Å². The van der Waals surface area contributed by atoms with E-state index < -0.39 is 17.5 Å². The first kappa shape index (κ1) is 18.4. The van der Waals surface area contributed by atoms with Gasteiger partial charge in [0, 0.05) is 33.5 Å². The molecule has 0 aromatic heterocycles. The number of carbonyl (C=O) groups is 3. The second kappa shape index (κ2) is 7.06. The summed E-state index contributed by atoms with van der Waals surface area (Å²) < 4.78 is 0. The summed E-state index contributed by atoms with van der Waals surface area (Å²) in [6.45, 7) is 1.37. The van der Waals surface area contributed by atoms with Crippen molar-refractivity contribution in [3.05, 3.63) is 74.8 Å². The minimum atomic E-state index is -0.845. The molecule has 3 rings (SSSR count). The third-order valence-electron chi connectivity index (χ3n) is 4.31. The van der Waals surface area contributed by atoms with Gasteiger partial charge in [-0.15, -0.1) is 0 Å². The Bertz CT molecular complexity index is 976. The van der Waals surface area contributed by atoms with E-state index in [0.717, 1.165) is 0 Å². The number of fused-ring (bicyclic) bond motifs is 1. The van der Waals surface area contributed by atoms with Crippen LogP contribution in [0.25, 0.3) is 5.76 Å². The molecular formula is C20H14Cl2O4. The van der Waals surface area contributed by atoms with Crippen molar-refractivity contribution in [3.8, 4) is 0 Å². The Labute approximate surface area is 160 Å². The van der Waals surface area contributed by atoms with Crippen LogP contribution in [0.2, 0.25) is 10.0 Å². The fourth-order valence-electron chi connectivity index (χ4n) is 3.15. The number of rotatable bonds is 4. The monoisotopic (exact) mass is 388 g/mol. The normalized spacial score (nSPS) is 15.0. The van der Waals surface area contributed by atoms with Crippen molar-refractivity contribution in [3.63, 3.8) is 0 Å². The first-order chi connectivity index (χ1) is 12.3. The van der Waals surface area contributed by atoms with Gasteiger partial charge in [0.15, 0.2) is 0 Å². The fourth-order valence-corrected chi connectivity index (χ4v) is 3.69. The Morgan fingerprint density at radius 2 is 1.69 bits per heavy atom. The second-order valence-electron chi connectivity index (χ2n) is 6.09. The number of carbonyl (C=O) groups excluding carboxylic acids is 3. The number of allylic oxidation sites excluding steroid dienone is 1. The highest BCUT2D eigenvalue weighted by Gasteiger charge is 2.38. The van der Waals surface area contributed by atoms with Crippen molar-refractivity contribution < 1.29 is 19.5 Å². The van der Waals surface area contributed by atoms with Crippen LogP contribution in [0.5, 0.6) is 0 Å². The maximum absolute atomic E-state index is 12.7. The molecular weight excluding hydrogens is 375 g/mol. The van der Waals surface area contributed by atoms with E-state index in [2.05, 4.69) is 0 Å². The van der Waals surface area contributed by atoms with Crippen LogP contribution in [-0.2, 0) is 9.59 Å². The van der Waals surface area contributed by atoms with E-state index in [-0.39, 0.29) is 39.7 Å². The van der Waals surface area contributed by atoms with E-state index in [4.69, 9.17) is 23.2 Å². The van der Waals surface area contributed by atoms with Gasteiger partial charge in [-0.1, -0.05) is 53.5 Å². The number of Topliss-reactive ketones (excluding diaryl/α,β-unsaturated/α-hetero) is 3. The zero-order valence-electron chi connectivity index (χ0n) is 13.8. The molecule has 0 radical (unpaired) electrons. The molecule has 0 saturated heterocycles. The number of aliphatic hydroxyl groups is 1. The molecule has 0 spiro atoms. The molecule has 2 aromatic rings. The molecule has 132 valence electrons. The molecule has 4 nitrogen and oxygen atoms in total. The first-order valence-corrected chi connectivity index (χ1v) is 8.62. The molecule has 0 aliphatic heterocycles. The Morgan fingerprint density at radius 1 is 1.04 bits per heavy atom. The van der Waals surface area contributed by atoms with Crippen molar-refractivity contribution in [2.75, 3.05) is 0 Å². The van der Waals surface area contributed by atoms with E-state index >= 15 is 0 Å². The van der Waals surface area contributed by atoms with Gasteiger partial charge in [-0.25, -0.2) is 0 Å². The van der Waals surface area contributed by atoms with Crippen molar-refractivity contribution in [2.24, 2.45) is 0 Å². The summed E-state index contributed by atoms with van der Waals surface area (Å²) in [6.07, 6.45) is -0.0814. The molecule has 1 N–H and O–H groups in total. The summed E-state index contributed by atoms with van der Waals surface area (Å²) in [5.74, 6) is -2.91. The van der Waals surface area contributed by atoms with Crippen molar-refractivity contribution in [1.29, 1.82) is 0 Å². The van der Waals surface area contributed by atoms with Gasteiger partial charge in [0.25, 0.3) is 0 Å². The van der Waals surface area contributed by atoms with Crippen LogP contribution >= 0.6 is 23.2 Å². The molecule has 0 bridgehead atoms. The van der Waals surface area contributed by atoms with E-state index in [1.54, 1.807) is 30.3 Å². The smallest absolute Gasteiger partial charge is 0.234 e. The summed E-state index contributed by atoms with van der Waals surface area (Å²) in [5, 5.41) is 11.4. The van der Waals surface area contributed by atoms with Crippen molar-refractivity contribution >= 4 is 46.3 Å². The Hall–Kier alpha value is -2.43. The third kappa shape index (κ3) is 3.18. The molecule has 0 heterocycles. The second-order valence-corrected chi connectivity index (χ2v) is 6.93. The lowest BCUT2D eigenvalue weighted by atomic mass is 9.77. The van der Waals surface area contributed by atoms with E-state index in [9.17, 15) is 19.5 Å². The topological polar surface area (TPSA) is 71.4 Å². The molecule has 0 amide bonds. The summed E-state index contributed by atoms with van der Waals surface area (Å²) in [4.78, 5) is 37.0.